The number of ether oxygens (including phenoxy) is 4. The summed E-state index contributed by atoms with van der Waals surface area (Å²) in [4.78, 5) is 48.0. The number of carbonyl (C=O) groups is 3. The molecule has 256 valence electrons. The summed E-state index contributed by atoms with van der Waals surface area (Å²) in [6.45, 7) is 3.46. The number of hydrogen-bond donors (Lipinski definition) is 0. The summed E-state index contributed by atoms with van der Waals surface area (Å²) < 4.78 is 52.6. The van der Waals surface area contributed by atoms with Gasteiger partial charge in [0, 0.05) is 16.7 Å². The van der Waals surface area contributed by atoms with Crippen molar-refractivity contribution in [3.8, 4) is 5.75 Å². The van der Waals surface area contributed by atoms with Crippen LogP contribution in [0.4, 0.5) is 5.69 Å². The minimum absolute atomic E-state index is 0.00283. The van der Waals surface area contributed by atoms with Crippen molar-refractivity contribution in [2.45, 2.75) is 49.2 Å². The van der Waals surface area contributed by atoms with E-state index in [1.165, 1.54) is 38.5 Å². The van der Waals surface area contributed by atoms with Crippen LogP contribution in [-0.2, 0) is 50.6 Å². The van der Waals surface area contributed by atoms with Crippen molar-refractivity contribution >= 4 is 55.4 Å². The lowest BCUT2D eigenvalue weighted by Crippen LogP contribution is -2.55. The van der Waals surface area contributed by atoms with Gasteiger partial charge in [-0.1, -0.05) is 46.3 Å². The molecule has 0 N–H and O–H groups in total. The molecule has 6 rings (SSSR count). The van der Waals surface area contributed by atoms with E-state index in [1.807, 2.05) is 47.4 Å². The Kier molecular flexibility index (Phi) is 9.29. The first kappa shape index (κ1) is 34.2. The molecule has 3 heterocycles. The third-order valence-electron chi connectivity index (χ3n) is 8.94. The molecule has 1 fully saturated rings. The van der Waals surface area contributed by atoms with Crippen LogP contribution in [0.3, 0.4) is 0 Å². The lowest BCUT2D eigenvalue weighted by molar-refractivity contribution is -0.144. The fourth-order valence-electron chi connectivity index (χ4n) is 6.98. The SMILES string of the molecule is CCOC(=O)C1=C(C(=O)OCC)C2N(Cc3ccc(Br)cc3)c3ccccc3[C@@]23C[C@@H](C(=O)OC)N(S(=O)(=O)c2ccc(OC)cc2)C3=N1. The second-order valence-electron chi connectivity index (χ2n) is 11.5. The molecule has 0 bridgehead atoms. The van der Waals surface area contributed by atoms with Crippen LogP contribution in [0, 0.1) is 0 Å². The van der Waals surface area contributed by atoms with Gasteiger partial charge in [0.2, 0.25) is 0 Å². The summed E-state index contributed by atoms with van der Waals surface area (Å²) in [5, 5.41) is 0. The molecule has 3 atom stereocenters. The lowest BCUT2D eigenvalue weighted by Gasteiger charge is -2.40. The minimum Gasteiger partial charge on any atom is -0.497 e. The molecule has 12 nitrogen and oxygen atoms in total. The molecule has 1 spiro atoms. The van der Waals surface area contributed by atoms with Crippen LogP contribution in [0.2, 0.25) is 0 Å². The Balaban J connectivity index is 1.68. The van der Waals surface area contributed by atoms with Gasteiger partial charge >= 0.3 is 17.9 Å². The number of nitrogens with zero attached hydrogens (tertiary/aromatic N) is 3. The van der Waals surface area contributed by atoms with Crippen LogP contribution in [0.1, 0.15) is 31.4 Å². The van der Waals surface area contributed by atoms with Crippen LogP contribution in [0.25, 0.3) is 0 Å². The highest BCUT2D eigenvalue weighted by Crippen LogP contribution is 2.59. The maximum absolute atomic E-state index is 14.7. The predicted molar refractivity (Wildman–Crippen MR) is 182 cm³/mol. The topological polar surface area (TPSA) is 141 Å². The zero-order valence-corrected chi connectivity index (χ0v) is 29.6. The molecule has 49 heavy (non-hydrogen) atoms. The van der Waals surface area contributed by atoms with E-state index in [4.69, 9.17) is 23.9 Å². The molecule has 1 unspecified atom stereocenters. The van der Waals surface area contributed by atoms with Crippen LogP contribution in [-0.4, -0.2) is 76.0 Å². The normalized spacial score (nSPS) is 21.0. The Morgan fingerprint density at radius 1 is 0.918 bits per heavy atom. The van der Waals surface area contributed by atoms with Crippen LogP contribution in [0.5, 0.6) is 5.75 Å². The number of para-hydroxylation sites is 1. The highest BCUT2D eigenvalue weighted by Gasteiger charge is 2.68. The van der Waals surface area contributed by atoms with E-state index in [0.29, 0.717) is 17.0 Å². The Labute approximate surface area is 292 Å². The number of esters is 3. The van der Waals surface area contributed by atoms with Gasteiger partial charge in [-0.25, -0.2) is 32.1 Å². The largest absolute Gasteiger partial charge is 0.497 e. The molecule has 0 aromatic heterocycles. The van der Waals surface area contributed by atoms with Crippen LogP contribution >= 0.6 is 15.9 Å². The molecule has 0 radical (unpaired) electrons. The number of methoxy groups -OCH3 is 2. The number of carbonyl (C=O) groups excluding carboxylic acids is 3. The monoisotopic (exact) mass is 751 g/mol. The first-order valence-electron chi connectivity index (χ1n) is 15.6. The van der Waals surface area contributed by atoms with Crippen molar-refractivity contribution < 1.29 is 41.7 Å². The van der Waals surface area contributed by atoms with E-state index in [0.717, 1.165) is 14.3 Å². The highest BCUT2D eigenvalue weighted by molar-refractivity contribution is 9.10. The summed E-state index contributed by atoms with van der Waals surface area (Å²) in [6.07, 6.45) is -0.147. The molecule has 3 aromatic rings. The van der Waals surface area contributed by atoms with Crippen molar-refractivity contribution in [2.75, 3.05) is 32.3 Å². The summed E-state index contributed by atoms with van der Waals surface area (Å²) in [5.41, 5.74) is 0.242. The molecule has 3 aliphatic rings. The molecule has 3 aromatic carbocycles. The zero-order valence-electron chi connectivity index (χ0n) is 27.2. The summed E-state index contributed by atoms with van der Waals surface area (Å²) in [7, 11) is -1.91. The third kappa shape index (κ3) is 5.56. The van der Waals surface area contributed by atoms with E-state index in [2.05, 4.69) is 15.9 Å². The van der Waals surface area contributed by atoms with Gasteiger partial charge in [-0.2, -0.15) is 0 Å². The number of benzene rings is 3. The van der Waals surface area contributed by atoms with Gasteiger partial charge in [0.05, 0.1) is 49.4 Å². The van der Waals surface area contributed by atoms with Gasteiger partial charge in [-0.3, -0.25) is 0 Å². The van der Waals surface area contributed by atoms with Crippen LogP contribution in [0.15, 0.2) is 98.4 Å². The molecular formula is C35H34BrN3O9S. The Morgan fingerprint density at radius 3 is 2.20 bits per heavy atom. The van der Waals surface area contributed by atoms with Gasteiger partial charge in [0.1, 0.15) is 17.6 Å². The van der Waals surface area contributed by atoms with Gasteiger partial charge in [0.15, 0.2) is 5.70 Å². The minimum atomic E-state index is -4.54. The van der Waals surface area contributed by atoms with E-state index in [9.17, 15) is 22.8 Å². The number of rotatable bonds is 10. The molecular weight excluding hydrogens is 718 g/mol. The van der Waals surface area contributed by atoms with E-state index < -0.39 is 51.1 Å². The van der Waals surface area contributed by atoms with Crippen molar-refractivity contribution in [1.29, 1.82) is 0 Å². The first-order valence-corrected chi connectivity index (χ1v) is 17.8. The summed E-state index contributed by atoms with van der Waals surface area (Å²) >= 11 is 3.48. The number of fused-ring (bicyclic) bond motifs is 1. The summed E-state index contributed by atoms with van der Waals surface area (Å²) in [5.74, 6) is -2.25. The first-order chi connectivity index (χ1) is 23.5. The fourth-order valence-corrected chi connectivity index (χ4v) is 8.88. The average Bonchev–Trinajstić information content (AvgIpc) is 3.60. The smallest absolute Gasteiger partial charge is 0.357 e. The van der Waals surface area contributed by atoms with Gasteiger partial charge < -0.3 is 23.8 Å². The maximum Gasteiger partial charge on any atom is 0.357 e. The quantitative estimate of drug-likeness (QED) is 0.215. The van der Waals surface area contributed by atoms with Gasteiger partial charge in [0.25, 0.3) is 10.0 Å². The van der Waals surface area contributed by atoms with Gasteiger partial charge in [-0.15, -0.1) is 0 Å². The molecule has 0 amide bonds. The number of amidine groups is 1. The number of sulfonamides is 1. The standard InChI is InChI=1S/C35H34BrN3O9S/c1-5-47-32(41)28-29(33(42)48-6-2)37-34-35(19-27(31(40)46-4)39(34)49(43,44)24-17-15-23(45-3)16-18-24)25-9-7-8-10-26(25)38(30(28)35)20-21-11-13-22(36)14-12-21/h7-18,27,30H,5-6,19-20H2,1-4H3/t27-,30?,35-/m0/s1. The Morgan fingerprint density at radius 2 is 1.57 bits per heavy atom. The molecule has 3 aliphatic heterocycles. The number of halogens is 1. The van der Waals surface area contributed by atoms with Crippen molar-refractivity contribution in [3.63, 3.8) is 0 Å². The van der Waals surface area contributed by atoms with E-state index in [1.54, 1.807) is 19.9 Å². The summed E-state index contributed by atoms with van der Waals surface area (Å²) in [6, 6.07) is 18.2. The average molecular weight is 753 g/mol. The second kappa shape index (κ2) is 13.3. The Hall–Kier alpha value is -4.69. The number of anilines is 1. The van der Waals surface area contributed by atoms with Crippen molar-refractivity contribution in [2.24, 2.45) is 4.99 Å². The Bertz CT molecular complexity index is 1980. The number of hydrogen-bond acceptors (Lipinski definition) is 11. The fraction of sp³-hybridized carbons (Fsp3) is 0.314. The lowest BCUT2D eigenvalue weighted by atomic mass is 9.69. The molecule has 0 saturated carbocycles. The van der Waals surface area contributed by atoms with Crippen molar-refractivity contribution in [3.05, 3.63) is 99.7 Å². The van der Waals surface area contributed by atoms with Crippen molar-refractivity contribution in [1.82, 2.24) is 4.31 Å². The molecule has 14 heteroatoms. The van der Waals surface area contributed by atoms with Crippen LogP contribution < -0.4 is 9.64 Å². The van der Waals surface area contributed by atoms with Gasteiger partial charge in [-0.05, 0) is 73.9 Å². The zero-order chi connectivity index (χ0) is 35.1. The molecule has 0 aliphatic carbocycles. The third-order valence-corrected chi connectivity index (χ3v) is 11.3. The number of aliphatic imine (C=N–C) groups is 1. The van der Waals surface area contributed by atoms with E-state index in [-0.39, 0.29) is 42.5 Å². The molecule has 1 saturated heterocycles. The van der Waals surface area contributed by atoms with E-state index >= 15 is 0 Å². The maximum atomic E-state index is 14.7. The second-order valence-corrected chi connectivity index (χ2v) is 14.2. The highest BCUT2D eigenvalue weighted by atomic mass is 79.9. The predicted octanol–water partition coefficient (Wildman–Crippen LogP) is 4.51.